The highest BCUT2D eigenvalue weighted by molar-refractivity contribution is 6.30. The van der Waals surface area contributed by atoms with Crippen LogP contribution < -0.4 is 10.9 Å². The molecule has 6 nitrogen and oxygen atoms in total. The van der Waals surface area contributed by atoms with Gasteiger partial charge in [0.05, 0.1) is 11.9 Å². The normalized spacial score (nSPS) is 17.2. The van der Waals surface area contributed by atoms with E-state index in [1.54, 1.807) is 37.3 Å². The second-order valence-corrected chi connectivity index (χ2v) is 9.07. The molecule has 0 bridgehead atoms. The number of carbonyl (C=O) groups excluding carboxylic acids is 1. The molecule has 0 aliphatic heterocycles. The number of fused-ring (bicyclic) bond motifs is 3. The van der Waals surface area contributed by atoms with E-state index in [4.69, 9.17) is 11.6 Å². The summed E-state index contributed by atoms with van der Waals surface area (Å²) in [6.07, 6.45) is -2.32. The summed E-state index contributed by atoms with van der Waals surface area (Å²) in [5.74, 6) is -1.40. The van der Waals surface area contributed by atoms with Gasteiger partial charge < -0.3 is 5.11 Å². The molecule has 0 saturated carbocycles. The Morgan fingerprint density at radius 1 is 1.08 bits per heavy atom. The zero-order chi connectivity index (χ0) is 26.5. The molecule has 0 spiro atoms. The number of aromatic nitrogens is 2. The summed E-state index contributed by atoms with van der Waals surface area (Å²) >= 11 is 5.85. The number of hydrogen-bond acceptors (Lipinski definition) is 4. The van der Waals surface area contributed by atoms with Gasteiger partial charge in [-0.15, -0.1) is 0 Å². The lowest BCUT2D eigenvalue weighted by Crippen LogP contribution is -2.41. The largest absolute Gasteiger partial charge is 0.425 e. The summed E-state index contributed by atoms with van der Waals surface area (Å²) < 4.78 is 58.4. The fourth-order valence-corrected chi connectivity index (χ4v) is 4.58. The van der Waals surface area contributed by atoms with Crippen molar-refractivity contribution in [3.63, 3.8) is 0 Å². The maximum absolute atomic E-state index is 14.7. The molecule has 1 aliphatic rings. The summed E-state index contributed by atoms with van der Waals surface area (Å²) in [7, 11) is 0. The van der Waals surface area contributed by atoms with Crippen molar-refractivity contribution in [2.24, 2.45) is 0 Å². The smallest absolute Gasteiger partial charge is 0.372 e. The molecule has 1 amide bonds. The van der Waals surface area contributed by atoms with Crippen molar-refractivity contribution in [2.75, 3.05) is 5.43 Å². The molecule has 1 aromatic heterocycles. The maximum Gasteiger partial charge on any atom is 0.425 e. The van der Waals surface area contributed by atoms with Crippen LogP contribution in [0.1, 0.15) is 24.1 Å². The molecule has 2 atom stereocenters. The zero-order valence-electron chi connectivity index (χ0n) is 19.1. The summed E-state index contributed by atoms with van der Waals surface area (Å²) in [5.41, 5.74) is 2.13. The molecule has 3 aromatic carbocycles. The van der Waals surface area contributed by atoms with Gasteiger partial charge in [0.25, 0.3) is 5.91 Å². The summed E-state index contributed by atoms with van der Waals surface area (Å²) in [6.45, 7) is 1.57. The van der Waals surface area contributed by atoms with Gasteiger partial charge >= 0.3 is 6.18 Å². The number of benzene rings is 3. The Bertz CT molecular complexity index is 1500. The third-order valence-corrected chi connectivity index (χ3v) is 6.60. The van der Waals surface area contributed by atoms with Crippen LogP contribution >= 0.6 is 11.6 Å². The number of amides is 1. The number of anilines is 1. The van der Waals surface area contributed by atoms with Gasteiger partial charge in [-0.25, -0.2) is 4.39 Å². The number of rotatable bonds is 5. The summed E-state index contributed by atoms with van der Waals surface area (Å²) in [4.78, 5) is 12.7. The van der Waals surface area contributed by atoms with Crippen molar-refractivity contribution in [1.82, 2.24) is 15.2 Å². The number of halogens is 5. The van der Waals surface area contributed by atoms with E-state index in [0.29, 0.717) is 16.8 Å². The fourth-order valence-electron chi connectivity index (χ4n) is 4.46. The van der Waals surface area contributed by atoms with E-state index in [1.807, 2.05) is 0 Å². The summed E-state index contributed by atoms with van der Waals surface area (Å²) in [5, 5.41) is 15.6. The second-order valence-electron chi connectivity index (χ2n) is 8.64. The third kappa shape index (κ3) is 4.11. The summed E-state index contributed by atoms with van der Waals surface area (Å²) in [6, 6.07) is 13.2. The highest BCUT2D eigenvalue weighted by Crippen LogP contribution is 2.57. The molecule has 1 heterocycles. The van der Waals surface area contributed by atoms with Crippen LogP contribution in [0.2, 0.25) is 5.02 Å². The maximum atomic E-state index is 14.7. The van der Waals surface area contributed by atoms with E-state index in [2.05, 4.69) is 16.0 Å². The molecule has 1 aliphatic carbocycles. The highest BCUT2D eigenvalue weighted by Gasteiger charge is 2.61. The van der Waals surface area contributed by atoms with E-state index in [9.17, 15) is 27.5 Å². The van der Waals surface area contributed by atoms with Gasteiger partial charge in [0.1, 0.15) is 11.9 Å². The first-order valence-electron chi connectivity index (χ1n) is 11.1. The van der Waals surface area contributed by atoms with E-state index in [-0.39, 0.29) is 27.8 Å². The Balaban J connectivity index is 1.49. The predicted octanol–water partition coefficient (Wildman–Crippen LogP) is 5.83. The minimum atomic E-state index is -5.09. The number of hydrogen-bond donors (Lipinski definition) is 3. The molecule has 190 valence electrons. The number of aliphatic hydroxyl groups is 1. The van der Waals surface area contributed by atoms with Gasteiger partial charge in [0.15, 0.2) is 0 Å². The number of nitrogens with zero attached hydrogens (tertiary/aromatic N) is 2. The Labute approximate surface area is 213 Å². The van der Waals surface area contributed by atoms with Crippen LogP contribution in [-0.4, -0.2) is 27.0 Å². The van der Waals surface area contributed by atoms with E-state index < -0.39 is 35.1 Å². The Hall–Kier alpha value is -3.89. The van der Waals surface area contributed by atoms with Crippen molar-refractivity contribution in [3.8, 4) is 22.3 Å². The van der Waals surface area contributed by atoms with Crippen molar-refractivity contribution < 1.29 is 27.5 Å². The third-order valence-electron chi connectivity index (χ3n) is 6.35. The molecule has 0 radical (unpaired) electrons. The monoisotopic (exact) mass is 530 g/mol. The van der Waals surface area contributed by atoms with E-state index in [1.165, 1.54) is 35.3 Å². The van der Waals surface area contributed by atoms with Crippen LogP contribution in [-0.2, 0) is 10.4 Å². The minimum Gasteiger partial charge on any atom is -0.372 e. The molecule has 4 aromatic rings. The van der Waals surface area contributed by atoms with Gasteiger partial charge in [-0.2, -0.15) is 18.3 Å². The van der Waals surface area contributed by atoms with Crippen LogP contribution in [0.3, 0.4) is 0 Å². The molecule has 11 heteroatoms. The lowest BCUT2D eigenvalue weighted by atomic mass is 9.89. The van der Waals surface area contributed by atoms with Crippen molar-refractivity contribution in [2.45, 2.75) is 24.7 Å². The van der Waals surface area contributed by atoms with Crippen LogP contribution in [0.4, 0.5) is 23.2 Å². The number of alkyl halides is 3. The van der Waals surface area contributed by atoms with Gasteiger partial charge in [-0.05, 0) is 60.0 Å². The highest BCUT2D eigenvalue weighted by atomic mass is 35.5. The molecule has 0 saturated heterocycles. The predicted molar refractivity (Wildman–Crippen MR) is 130 cm³/mol. The van der Waals surface area contributed by atoms with Gasteiger partial charge in [-0.1, -0.05) is 35.9 Å². The van der Waals surface area contributed by atoms with Crippen LogP contribution in [0.5, 0.6) is 0 Å². The SMILES string of the molecule is CC(C(=O)NNc1ccc(Cl)cc1)n1cc(-c2cc(F)cc3c2-c2ccccc2C3(O)C(F)(F)F)cn1. The van der Waals surface area contributed by atoms with E-state index >= 15 is 0 Å². The van der Waals surface area contributed by atoms with Gasteiger partial charge in [-0.3, -0.25) is 20.3 Å². The lowest BCUT2D eigenvalue weighted by molar-refractivity contribution is -0.246. The van der Waals surface area contributed by atoms with Crippen molar-refractivity contribution in [1.29, 1.82) is 0 Å². The topological polar surface area (TPSA) is 79.2 Å². The molecule has 2 unspecified atom stereocenters. The molecular formula is C26H19ClF4N4O2. The number of carbonyl (C=O) groups is 1. The molecule has 37 heavy (non-hydrogen) atoms. The van der Waals surface area contributed by atoms with Gasteiger partial charge in [0.2, 0.25) is 5.60 Å². The molecule has 5 rings (SSSR count). The van der Waals surface area contributed by atoms with Crippen molar-refractivity contribution in [3.05, 3.63) is 95.0 Å². The van der Waals surface area contributed by atoms with Crippen LogP contribution in [0, 0.1) is 5.82 Å². The van der Waals surface area contributed by atoms with Crippen LogP contribution in [0.15, 0.2) is 73.1 Å². The standard InChI is InChI=1S/C26H19ClF4N4O2/c1-14(24(36)34-33-18-8-6-16(27)7-9-18)35-13-15(12-32-35)20-10-17(28)11-22-23(20)19-4-2-3-5-21(19)25(22,37)26(29,30)31/h2-14,33,37H,1H3,(H,34,36). The minimum absolute atomic E-state index is 0.0536. The fraction of sp³-hybridized carbons (Fsp3) is 0.154. The average Bonchev–Trinajstić information content (AvgIpc) is 3.45. The zero-order valence-corrected chi connectivity index (χ0v) is 19.9. The first-order chi connectivity index (χ1) is 17.5. The van der Waals surface area contributed by atoms with Gasteiger partial charge in [0, 0.05) is 27.9 Å². The first-order valence-corrected chi connectivity index (χ1v) is 11.5. The Morgan fingerprint density at radius 3 is 2.49 bits per heavy atom. The Morgan fingerprint density at radius 2 is 1.78 bits per heavy atom. The lowest BCUT2D eigenvalue weighted by Gasteiger charge is -2.28. The molecule has 0 fully saturated rings. The average molecular weight is 531 g/mol. The Kier molecular flexibility index (Phi) is 5.96. The molecular weight excluding hydrogens is 512 g/mol. The van der Waals surface area contributed by atoms with E-state index in [0.717, 1.165) is 6.07 Å². The van der Waals surface area contributed by atoms with Crippen molar-refractivity contribution >= 4 is 23.2 Å². The number of hydrazine groups is 1. The second kappa shape index (κ2) is 8.89. The quantitative estimate of drug-likeness (QED) is 0.224. The number of nitrogens with one attached hydrogen (secondary N) is 2. The van der Waals surface area contributed by atoms with Crippen LogP contribution in [0.25, 0.3) is 22.3 Å². The first kappa shape index (κ1) is 24.8. The molecule has 3 N–H and O–H groups in total.